The predicted molar refractivity (Wildman–Crippen MR) is 108 cm³/mol. The van der Waals surface area contributed by atoms with E-state index < -0.39 is 29.3 Å². The Morgan fingerprint density at radius 2 is 1.83 bits per heavy atom. The summed E-state index contributed by atoms with van der Waals surface area (Å²) in [4.78, 5) is 31.8. The van der Waals surface area contributed by atoms with Gasteiger partial charge in [-0.25, -0.2) is 4.39 Å². The molecule has 30 heavy (non-hydrogen) atoms. The first-order valence-electron chi connectivity index (χ1n) is 10.1. The molecule has 1 aromatic heterocycles. The number of aliphatic hydroxyl groups is 1. The summed E-state index contributed by atoms with van der Waals surface area (Å²) >= 11 is 0. The molecule has 0 spiro atoms. The molecule has 2 fully saturated rings. The van der Waals surface area contributed by atoms with Crippen molar-refractivity contribution in [3.63, 3.8) is 0 Å². The van der Waals surface area contributed by atoms with E-state index in [1.807, 2.05) is 0 Å². The number of benzene rings is 1. The normalized spacial score (nSPS) is 21.8. The zero-order valence-electron chi connectivity index (χ0n) is 16.7. The van der Waals surface area contributed by atoms with Crippen LogP contribution in [0.4, 0.5) is 4.39 Å². The number of rotatable bonds is 4. The zero-order chi connectivity index (χ0) is 21.3. The summed E-state index contributed by atoms with van der Waals surface area (Å²) in [6.07, 6.45) is 7.83. The summed E-state index contributed by atoms with van der Waals surface area (Å²) in [7, 11) is 1.39. The molecule has 1 N–H and O–H groups in total. The quantitative estimate of drug-likeness (QED) is 0.469. The van der Waals surface area contributed by atoms with Crippen molar-refractivity contribution in [1.82, 2.24) is 9.88 Å². The average molecular weight is 410 g/mol. The van der Waals surface area contributed by atoms with Crippen LogP contribution in [0, 0.1) is 5.82 Å². The third kappa shape index (κ3) is 3.44. The molecule has 0 radical (unpaired) electrons. The largest absolute Gasteiger partial charge is 0.507 e. The highest BCUT2D eigenvalue weighted by molar-refractivity contribution is 6.46. The van der Waals surface area contributed by atoms with Crippen molar-refractivity contribution >= 4 is 17.4 Å². The fourth-order valence-corrected chi connectivity index (χ4v) is 4.47. The van der Waals surface area contributed by atoms with Gasteiger partial charge in [0.05, 0.1) is 24.3 Å². The van der Waals surface area contributed by atoms with Gasteiger partial charge in [0.15, 0.2) is 0 Å². The molecule has 1 aliphatic heterocycles. The van der Waals surface area contributed by atoms with Gasteiger partial charge in [-0.05, 0) is 48.7 Å². The molecular weight excluding hydrogens is 387 g/mol. The Labute approximate surface area is 174 Å². The molecule has 2 aromatic rings. The summed E-state index contributed by atoms with van der Waals surface area (Å²) in [6, 6.07) is 6.29. The molecule has 6 nitrogen and oxygen atoms in total. The fraction of sp³-hybridized carbons (Fsp3) is 0.348. The summed E-state index contributed by atoms with van der Waals surface area (Å²) < 4.78 is 19.2. The van der Waals surface area contributed by atoms with Crippen LogP contribution >= 0.6 is 0 Å². The third-order valence-corrected chi connectivity index (χ3v) is 5.89. The fourth-order valence-electron chi connectivity index (χ4n) is 4.47. The van der Waals surface area contributed by atoms with Gasteiger partial charge in [0, 0.05) is 18.4 Å². The van der Waals surface area contributed by atoms with Gasteiger partial charge in [-0.15, -0.1) is 0 Å². The average Bonchev–Trinajstić information content (AvgIpc) is 3.05. The summed E-state index contributed by atoms with van der Waals surface area (Å²) in [5, 5.41) is 11.1. The molecule has 2 aliphatic rings. The van der Waals surface area contributed by atoms with Crippen molar-refractivity contribution in [2.45, 2.75) is 44.2 Å². The first-order valence-corrected chi connectivity index (χ1v) is 10.1. The standard InChI is InChI=1S/C23H23FN2O4/c1-30-18-8-7-15(24)13-17(18)21(27)19-20(14-9-11-25-12-10-14)26(23(29)22(19)28)16-5-3-2-4-6-16/h7-13,16,20,27H,2-6H2,1H3/b21-19+. The Kier molecular flexibility index (Phi) is 5.53. The Balaban J connectivity index is 1.91. The molecule has 1 saturated heterocycles. The maximum absolute atomic E-state index is 13.9. The van der Waals surface area contributed by atoms with E-state index in [0.29, 0.717) is 5.56 Å². The zero-order valence-corrected chi connectivity index (χ0v) is 16.7. The lowest BCUT2D eigenvalue weighted by Gasteiger charge is -2.35. The van der Waals surface area contributed by atoms with Crippen LogP contribution in [-0.4, -0.2) is 39.8 Å². The molecule has 1 saturated carbocycles. The Bertz CT molecular complexity index is 1000. The van der Waals surface area contributed by atoms with E-state index in [4.69, 9.17) is 4.74 Å². The highest BCUT2D eigenvalue weighted by atomic mass is 19.1. The van der Waals surface area contributed by atoms with Crippen LogP contribution in [0.1, 0.15) is 49.3 Å². The number of pyridine rings is 1. The SMILES string of the molecule is COc1ccc(F)cc1/C(O)=C1\C(=O)C(=O)N(C2CCCCC2)C1c1ccncc1. The smallest absolute Gasteiger partial charge is 0.295 e. The Morgan fingerprint density at radius 1 is 1.13 bits per heavy atom. The molecule has 0 bridgehead atoms. The molecule has 1 amide bonds. The van der Waals surface area contributed by atoms with Crippen LogP contribution in [0.25, 0.3) is 5.76 Å². The van der Waals surface area contributed by atoms with E-state index in [2.05, 4.69) is 4.98 Å². The number of aromatic nitrogens is 1. The summed E-state index contributed by atoms with van der Waals surface area (Å²) in [5.41, 5.74) is 0.658. The Morgan fingerprint density at radius 3 is 2.50 bits per heavy atom. The number of likely N-dealkylation sites (tertiary alicyclic amines) is 1. The maximum atomic E-state index is 13.9. The number of halogens is 1. The number of ether oxygens (including phenoxy) is 1. The molecule has 1 unspecified atom stereocenters. The number of amides is 1. The topological polar surface area (TPSA) is 79.7 Å². The van der Waals surface area contributed by atoms with Gasteiger partial charge in [-0.2, -0.15) is 0 Å². The van der Waals surface area contributed by atoms with Gasteiger partial charge in [-0.1, -0.05) is 19.3 Å². The van der Waals surface area contributed by atoms with E-state index in [9.17, 15) is 19.1 Å². The molecule has 7 heteroatoms. The van der Waals surface area contributed by atoms with E-state index in [0.717, 1.165) is 38.2 Å². The minimum atomic E-state index is -0.772. The van der Waals surface area contributed by atoms with Crippen LogP contribution in [0.5, 0.6) is 5.75 Å². The van der Waals surface area contributed by atoms with Crippen LogP contribution in [0.3, 0.4) is 0 Å². The van der Waals surface area contributed by atoms with Gasteiger partial charge in [0.25, 0.3) is 11.7 Å². The molecule has 4 rings (SSSR count). The minimum Gasteiger partial charge on any atom is -0.507 e. The van der Waals surface area contributed by atoms with Crippen LogP contribution in [0.2, 0.25) is 0 Å². The lowest BCUT2D eigenvalue weighted by Crippen LogP contribution is -2.40. The predicted octanol–water partition coefficient (Wildman–Crippen LogP) is 3.98. The second kappa shape index (κ2) is 8.26. The molecule has 1 aromatic carbocycles. The second-order valence-corrected chi connectivity index (χ2v) is 7.62. The van der Waals surface area contributed by atoms with Gasteiger partial charge >= 0.3 is 0 Å². The van der Waals surface area contributed by atoms with Gasteiger partial charge < -0.3 is 14.7 Å². The maximum Gasteiger partial charge on any atom is 0.295 e. The van der Waals surface area contributed by atoms with Crippen molar-refractivity contribution < 1.29 is 23.8 Å². The van der Waals surface area contributed by atoms with Gasteiger partial charge in [-0.3, -0.25) is 14.6 Å². The monoisotopic (exact) mass is 410 g/mol. The lowest BCUT2D eigenvalue weighted by molar-refractivity contribution is -0.141. The highest BCUT2D eigenvalue weighted by Gasteiger charge is 2.49. The van der Waals surface area contributed by atoms with Crippen molar-refractivity contribution in [2.24, 2.45) is 0 Å². The van der Waals surface area contributed by atoms with Crippen molar-refractivity contribution in [2.75, 3.05) is 7.11 Å². The molecule has 1 atom stereocenters. The first-order chi connectivity index (χ1) is 14.5. The minimum absolute atomic E-state index is 0.0400. The number of carbonyl (C=O) groups excluding carboxylic acids is 2. The van der Waals surface area contributed by atoms with Crippen LogP contribution in [0.15, 0.2) is 48.3 Å². The summed E-state index contributed by atoms with van der Waals surface area (Å²) in [6.45, 7) is 0. The van der Waals surface area contributed by atoms with Crippen molar-refractivity contribution in [3.8, 4) is 5.75 Å². The van der Waals surface area contributed by atoms with Gasteiger partial charge in [0.1, 0.15) is 17.3 Å². The van der Waals surface area contributed by atoms with E-state index in [-0.39, 0.29) is 22.9 Å². The number of methoxy groups -OCH3 is 1. The lowest BCUT2D eigenvalue weighted by atomic mass is 9.91. The number of Topliss-reactive ketones (excluding diaryl/α,β-unsaturated/α-hetero) is 1. The second-order valence-electron chi connectivity index (χ2n) is 7.62. The van der Waals surface area contributed by atoms with Crippen molar-refractivity contribution in [1.29, 1.82) is 0 Å². The molecule has 1 aliphatic carbocycles. The first kappa shape index (κ1) is 20.1. The summed E-state index contributed by atoms with van der Waals surface area (Å²) in [5.74, 6) is -2.22. The number of aliphatic hydroxyl groups excluding tert-OH is 1. The van der Waals surface area contributed by atoms with E-state index in [1.54, 1.807) is 29.4 Å². The van der Waals surface area contributed by atoms with E-state index in [1.165, 1.54) is 19.2 Å². The third-order valence-electron chi connectivity index (χ3n) is 5.89. The molecule has 2 heterocycles. The number of carbonyl (C=O) groups is 2. The van der Waals surface area contributed by atoms with Crippen molar-refractivity contribution in [3.05, 3.63) is 65.2 Å². The van der Waals surface area contributed by atoms with Crippen LogP contribution in [-0.2, 0) is 9.59 Å². The molecule has 156 valence electrons. The number of hydrogen-bond donors (Lipinski definition) is 1. The Hall–Kier alpha value is -3.22. The number of nitrogens with zero attached hydrogens (tertiary/aromatic N) is 2. The van der Waals surface area contributed by atoms with Crippen LogP contribution < -0.4 is 4.74 Å². The molecular formula is C23H23FN2O4. The highest BCUT2D eigenvalue weighted by Crippen LogP contribution is 2.43. The number of ketones is 1. The van der Waals surface area contributed by atoms with Gasteiger partial charge in [0.2, 0.25) is 0 Å². The van der Waals surface area contributed by atoms with E-state index >= 15 is 0 Å². The number of hydrogen-bond acceptors (Lipinski definition) is 5.